The molecule has 0 unspecified atom stereocenters. The molecular weight excluding hydrogens is 214 g/mol. The van der Waals surface area contributed by atoms with Crippen molar-refractivity contribution < 1.29 is 9.53 Å². The summed E-state index contributed by atoms with van der Waals surface area (Å²) in [7, 11) is 1.60. The second kappa shape index (κ2) is 5.53. The summed E-state index contributed by atoms with van der Waals surface area (Å²) in [5.41, 5.74) is 0.738. The number of ether oxygens (including phenoxy) is 1. The number of methoxy groups -OCH3 is 1. The van der Waals surface area contributed by atoms with E-state index < -0.39 is 0 Å². The maximum atomic E-state index is 11.8. The Morgan fingerprint density at radius 1 is 1.47 bits per heavy atom. The van der Waals surface area contributed by atoms with Gasteiger partial charge in [0.1, 0.15) is 5.75 Å². The standard InChI is InChI=1S/C14H17NO2/c1-17-13-9-5-4-8-12(13)15-14(16)10-11-6-2-3-7-11/h2,4-6,8-9,11H,3,7,10H2,1H3,(H,15,16)/t11-/m1/s1. The lowest BCUT2D eigenvalue weighted by atomic mass is 10.1. The first kappa shape index (κ1) is 11.7. The Kier molecular flexibility index (Phi) is 3.81. The molecule has 3 heteroatoms. The van der Waals surface area contributed by atoms with Gasteiger partial charge >= 0.3 is 0 Å². The van der Waals surface area contributed by atoms with Crippen LogP contribution >= 0.6 is 0 Å². The summed E-state index contributed by atoms with van der Waals surface area (Å²) in [5.74, 6) is 1.14. The van der Waals surface area contributed by atoms with Crippen molar-refractivity contribution >= 4 is 11.6 Å². The van der Waals surface area contributed by atoms with Gasteiger partial charge in [-0.2, -0.15) is 0 Å². The minimum Gasteiger partial charge on any atom is -0.495 e. The molecule has 90 valence electrons. The van der Waals surface area contributed by atoms with Gasteiger partial charge in [-0.05, 0) is 30.9 Å². The van der Waals surface area contributed by atoms with E-state index in [0.29, 0.717) is 18.1 Å². The van der Waals surface area contributed by atoms with Crippen molar-refractivity contribution in [3.05, 3.63) is 36.4 Å². The maximum Gasteiger partial charge on any atom is 0.225 e. The highest BCUT2D eigenvalue weighted by molar-refractivity contribution is 5.92. The molecule has 0 aromatic heterocycles. The van der Waals surface area contributed by atoms with E-state index in [1.165, 1.54) is 0 Å². The first-order chi connectivity index (χ1) is 8.29. The molecule has 1 aromatic carbocycles. The zero-order valence-electron chi connectivity index (χ0n) is 9.98. The Balaban J connectivity index is 1.95. The van der Waals surface area contributed by atoms with Crippen LogP contribution in [0.5, 0.6) is 5.75 Å². The third-order valence-electron chi connectivity index (χ3n) is 2.94. The number of para-hydroxylation sites is 2. The van der Waals surface area contributed by atoms with Gasteiger partial charge in [0.2, 0.25) is 5.91 Å². The van der Waals surface area contributed by atoms with Crippen LogP contribution in [0.2, 0.25) is 0 Å². The van der Waals surface area contributed by atoms with E-state index in [2.05, 4.69) is 17.5 Å². The van der Waals surface area contributed by atoms with Crippen LogP contribution in [-0.2, 0) is 4.79 Å². The summed E-state index contributed by atoms with van der Waals surface area (Å²) in [4.78, 5) is 11.8. The van der Waals surface area contributed by atoms with Gasteiger partial charge in [0, 0.05) is 6.42 Å². The molecule has 1 N–H and O–H groups in total. The van der Waals surface area contributed by atoms with Crippen LogP contribution in [0.15, 0.2) is 36.4 Å². The maximum absolute atomic E-state index is 11.8. The molecular formula is C14H17NO2. The number of carbonyl (C=O) groups excluding carboxylic acids is 1. The topological polar surface area (TPSA) is 38.3 Å². The molecule has 0 bridgehead atoms. The number of hydrogen-bond acceptors (Lipinski definition) is 2. The smallest absolute Gasteiger partial charge is 0.225 e. The van der Waals surface area contributed by atoms with Gasteiger partial charge in [-0.25, -0.2) is 0 Å². The van der Waals surface area contributed by atoms with Gasteiger partial charge in [0.25, 0.3) is 0 Å². The van der Waals surface area contributed by atoms with E-state index >= 15 is 0 Å². The number of benzene rings is 1. The highest BCUT2D eigenvalue weighted by atomic mass is 16.5. The zero-order chi connectivity index (χ0) is 12.1. The predicted octanol–water partition coefficient (Wildman–Crippen LogP) is 2.99. The second-order valence-corrected chi connectivity index (χ2v) is 4.22. The molecule has 1 aliphatic carbocycles. The van der Waals surface area contributed by atoms with Crippen molar-refractivity contribution in [2.75, 3.05) is 12.4 Å². The number of anilines is 1. The predicted molar refractivity (Wildman–Crippen MR) is 68.1 cm³/mol. The summed E-state index contributed by atoms with van der Waals surface area (Å²) < 4.78 is 5.19. The van der Waals surface area contributed by atoms with Gasteiger partial charge in [0.05, 0.1) is 12.8 Å². The van der Waals surface area contributed by atoms with Gasteiger partial charge in [-0.1, -0.05) is 24.3 Å². The minimum absolute atomic E-state index is 0.0473. The van der Waals surface area contributed by atoms with Crippen LogP contribution in [0.3, 0.4) is 0 Å². The molecule has 0 aliphatic heterocycles. The normalized spacial score (nSPS) is 18.1. The highest BCUT2D eigenvalue weighted by Gasteiger charge is 2.14. The van der Waals surface area contributed by atoms with E-state index in [-0.39, 0.29) is 5.91 Å². The monoisotopic (exact) mass is 231 g/mol. The molecule has 3 nitrogen and oxygen atoms in total. The van der Waals surface area contributed by atoms with Crippen molar-refractivity contribution in [3.8, 4) is 5.75 Å². The van der Waals surface area contributed by atoms with Crippen LogP contribution in [0.1, 0.15) is 19.3 Å². The summed E-state index contributed by atoms with van der Waals surface area (Å²) in [5, 5.41) is 2.89. The Labute approximate surface area is 101 Å². The van der Waals surface area contributed by atoms with E-state index in [1.54, 1.807) is 7.11 Å². The molecule has 0 saturated carbocycles. The lowest BCUT2D eigenvalue weighted by Crippen LogP contribution is -2.15. The molecule has 1 atom stereocenters. The second-order valence-electron chi connectivity index (χ2n) is 4.22. The van der Waals surface area contributed by atoms with E-state index in [0.717, 1.165) is 18.5 Å². The van der Waals surface area contributed by atoms with Crippen molar-refractivity contribution in [2.45, 2.75) is 19.3 Å². The Hall–Kier alpha value is -1.77. The first-order valence-electron chi connectivity index (χ1n) is 5.89. The third-order valence-corrected chi connectivity index (χ3v) is 2.94. The average molecular weight is 231 g/mol. The molecule has 0 radical (unpaired) electrons. The van der Waals surface area contributed by atoms with Crippen molar-refractivity contribution in [1.29, 1.82) is 0 Å². The quantitative estimate of drug-likeness (QED) is 0.809. The zero-order valence-corrected chi connectivity index (χ0v) is 9.98. The molecule has 0 saturated heterocycles. The summed E-state index contributed by atoms with van der Waals surface area (Å²) in [6, 6.07) is 7.45. The van der Waals surface area contributed by atoms with Crippen LogP contribution in [0, 0.1) is 5.92 Å². The van der Waals surface area contributed by atoms with Crippen LogP contribution in [0.4, 0.5) is 5.69 Å². The lowest BCUT2D eigenvalue weighted by Gasteiger charge is -2.11. The van der Waals surface area contributed by atoms with E-state index in [9.17, 15) is 4.79 Å². The molecule has 2 rings (SSSR count). The molecule has 1 aliphatic rings. The number of allylic oxidation sites excluding steroid dienone is 2. The first-order valence-corrected chi connectivity index (χ1v) is 5.89. The molecule has 0 fully saturated rings. The number of rotatable bonds is 4. The summed E-state index contributed by atoms with van der Waals surface area (Å²) >= 11 is 0. The molecule has 0 spiro atoms. The molecule has 1 amide bonds. The lowest BCUT2D eigenvalue weighted by molar-refractivity contribution is -0.116. The third kappa shape index (κ3) is 3.09. The van der Waals surface area contributed by atoms with Crippen molar-refractivity contribution in [1.82, 2.24) is 0 Å². The van der Waals surface area contributed by atoms with Crippen LogP contribution in [0.25, 0.3) is 0 Å². The van der Waals surface area contributed by atoms with Gasteiger partial charge in [0.15, 0.2) is 0 Å². The molecule has 17 heavy (non-hydrogen) atoms. The van der Waals surface area contributed by atoms with Gasteiger partial charge in [-0.15, -0.1) is 0 Å². The SMILES string of the molecule is COc1ccccc1NC(=O)C[C@@H]1C=CCC1. The van der Waals surface area contributed by atoms with Gasteiger partial charge in [-0.3, -0.25) is 4.79 Å². The Bertz CT molecular complexity index is 426. The largest absolute Gasteiger partial charge is 0.495 e. The Morgan fingerprint density at radius 3 is 3.00 bits per heavy atom. The van der Waals surface area contributed by atoms with E-state index in [1.807, 2.05) is 24.3 Å². The van der Waals surface area contributed by atoms with Crippen LogP contribution in [-0.4, -0.2) is 13.0 Å². The number of carbonyl (C=O) groups is 1. The number of amides is 1. The van der Waals surface area contributed by atoms with Crippen LogP contribution < -0.4 is 10.1 Å². The fraction of sp³-hybridized carbons (Fsp3) is 0.357. The summed E-state index contributed by atoms with van der Waals surface area (Å²) in [6.45, 7) is 0. The van der Waals surface area contributed by atoms with Crippen molar-refractivity contribution in [3.63, 3.8) is 0 Å². The van der Waals surface area contributed by atoms with E-state index in [4.69, 9.17) is 4.74 Å². The van der Waals surface area contributed by atoms with Crippen molar-refractivity contribution in [2.24, 2.45) is 5.92 Å². The highest BCUT2D eigenvalue weighted by Crippen LogP contribution is 2.25. The average Bonchev–Trinajstić information content (AvgIpc) is 2.82. The fourth-order valence-corrected chi connectivity index (χ4v) is 2.05. The minimum atomic E-state index is 0.0473. The molecule has 0 heterocycles. The summed E-state index contributed by atoms with van der Waals surface area (Å²) in [6.07, 6.45) is 6.99. The number of nitrogens with one attached hydrogen (secondary N) is 1. The van der Waals surface area contributed by atoms with Gasteiger partial charge < -0.3 is 10.1 Å². The number of hydrogen-bond donors (Lipinski definition) is 1. The molecule has 1 aromatic rings. The Morgan fingerprint density at radius 2 is 2.29 bits per heavy atom. The fourth-order valence-electron chi connectivity index (χ4n) is 2.05.